The maximum atomic E-state index is 13.4. The zero-order chi connectivity index (χ0) is 14.7. The normalized spacial score (nSPS) is 22.6. The van der Waals surface area contributed by atoms with Gasteiger partial charge in [-0.05, 0) is 31.6 Å². The van der Waals surface area contributed by atoms with Crippen LogP contribution < -0.4 is 5.32 Å². The molecule has 0 heterocycles. The highest BCUT2D eigenvalue weighted by Crippen LogP contribution is 2.23. The molecule has 0 saturated heterocycles. The van der Waals surface area contributed by atoms with Crippen molar-refractivity contribution in [2.45, 2.75) is 31.8 Å². The van der Waals surface area contributed by atoms with E-state index in [9.17, 15) is 23.1 Å². The highest BCUT2D eigenvalue weighted by Gasteiger charge is 2.22. The molecule has 0 unspecified atom stereocenters. The van der Waals surface area contributed by atoms with Crippen molar-refractivity contribution >= 4 is 5.91 Å². The van der Waals surface area contributed by atoms with Crippen molar-refractivity contribution in [1.29, 1.82) is 0 Å². The lowest BCUT2D eigenvalue weighted by atomic mass is 9.87. The van der Waals surface area contributed by atoms with Crippen LogP contribution in [-0.2, 0) is 0 Å². The first-order valence-electron chi connectivity index (χ1n) is 6.58. The lowest BCUT2D eigenvalue weighted by molar-refractivity contribution is 0.0903. The summed E-state index contributed by atoms with van der Waals surface area (Å²) in [6, 6.07) is 0.962. The van der Waals surface area contributed by atoms with Gasteiger partial charge in [-0.1, -0.05) is 0 Å². The maximum absolute atomic E-state index is 13.4. The number of aliphatic hydroxyl groups excluding tert-OH is 1. The molecule has 0 spiro atoms. The third kappa shape index (κ3) is 3.50. The van der Waals surface area contributed by atoms with Crippen LogP contribution in [0.2, 0.25) is 0 Å². The zero-order valence-corrected chi connectivity index (χ0v) is 10.8. The van der Waals surface area contributed by atoms with Gasteiger partial charge in [0.1, 0.15) is 23.0 Å². The first-order chi connectivity index (χ1) is 9.47. The summed E-state index contributed by atoms with van der Waals surface area (Å²) in [7, 11) is 0. The van der Waals surface area contributed by atoms with Crippen molar-refractivity contribution in [3.63, 3.8) is 0 Å². The summed E-state index contributed by atoms with van der Waals surface area (Å²) in [5, 5.41) is 11.8. The van der Waals surface area contributed by atoms with E-state index in [1.165, 1.54) is 0 Å². The van der Waals surface area contributed by atoms with Crippen molar-refractivity contribution in [1.82, 2.24) is 5.32 Å². The number of halogens is 3. The van der Waals surface area contributed by atoms with Crippen molar-refractivity contribution in [2.75, 3.05) is 6.54 Å². The van der Waals surface area contributed by atoms with E-state index >= 15 is 0 Å². The van der Waals surface area contributed by atoms with E-state index < -0.39 is 28.9 Å². The van der Waals surface area contributed by atoms with Crippen LogP contribution in [0.5, 0.6) is 0 Å². The first-order valence-corrected chi connectivity index (χ1v) is 6.58. The van der Waals surface area contributed by atoms with Gasteiger partial charge in [-0.3, -0.25) is 4.79 Å². The van der Waals surface area contributed by atoms with Crippen LogP contribution in [0.4, 0.5) is 13.2 Å². The molecule has 1 amide bonds. The number of benzene rings is 1. The van der Waals surface area contributed by atoms with Gasteiger partial charge in [0.15, 0.2) is 0 Å². The fraction of sp³-hybridized carbons (Fsp3) is 0.500. The molecule has 0 atom stereocenters. The number of hydrogen-bond donors (Lipinski definition) is 2. The summed E-state index contributed by atoms with van der Waals surface area (Å²) >= 11 is 0. The molecule has 1 aromatic rings. The van der Waals surface area contributed by atoms with E-state index in [-0.39, 0.29) is 12.0 Å². The fourth-order valence-corrected chi connectivity index (χ4v) is 2.43. The molecule has 20 heavy (non-hydrogen) atoms. The Kier molecular flexibility index (Phi) is 4.65. The third-order valence-corrected chi connectivity index (χ3v) is 3.60. The van der Waals surface area contributed by atoms with Gasteiger partial charge in [-0.15, -0.1) is 0 Å². The fourth-order valence-electron chi connectivity index (χ4n) is 2.43. The Morgan fingerprint density at radius 3 is 2.25 bits per heavy atom. The quantitative estimate of drug-likeness (QED) is 0.896. The van der Waals surface area contributed by atoms with Crippen molar-refractivity contribution in [2.24, 2.45) is 5.92 Å². The van der Waals surface area contributed by atoms with Gasteiger partial charge < -0.3 is 10.4 Å². The molecule has 6 heteroatoms. The lowest BCUT2D eigenvalue weighted by Gasteiger charge is -2.25. The SMILES string of the molecule is O=C(NCC1CCC(O)CC1)c1c(F)cc(F)cc1F. The van der Waals surface area contributed by atoms with E-state index in [0.717, 1.165) is 12.8 Å². The minimum absolute atomic E-state index is 0.189. The van der Waals surface area contributed by atoms with Crippen LogP contribution >= 0.6 is 0 Å². The number of carbonyl (C=O) groups excluding carboxylic acids is 1. The summed E-state index contributed by atoms with van der Waals surface area (Å²) < 4.78 is 39.6. The Morgan fingerprint density at radius 1 is 1.15 bits per heavy atom. The maximum Gasteiger partial charge on any atom is 0.257 e. The van der Waals surface area contributed by atoms with Gasteiger partial charge >= 0.3 is 0 Å². The number of rotatable bonds is 3. The molecular formula is C14H16F3NO2. The van der Waals surface area contributed by atoms with Crippen LogP contribution in [-0.4, -0.2) is 23.7 Å². The van der Waals surface area contributed by atoms with Crippen molar-refractivity contribution in [3.8, 4) is 0 Å². The monoisotopic (exact) mass is 287 g/mol. The molecule has 1 aromatic carbocycles. The van der Waals surface area contributed by atoms with Crippen molar-refractivity contribution < 1.29 is 23.1 Å². The average molecular weight is 287 g/mol. The number of hydrogen-bond acceptors (Lipinski definition) is 2. The summed E-state index contributed by atoms with van der Waals surface area (Å²) in [5.41, 5.74) is -0.762. The van der Waals surface area contributed by atoms with E-state index in [0.29, 0.717) is 31.5 Å². The molecule has 3 nitrogen and oxygen atoms in total. The van der Waals surface area contributed by atoms with Crippen molar-refractivity contribution in [3.05, 3.63) is 35.1 Å². The largest absolute Gasteiger partial charge is 0.393 e. The molecule has 1 aliphatic rings. The molecule has 0 bridgehead atoms. The second-order valence-corrected chi connectivity index (χ2v) is 5.13. The minimum Gasteiger partial charge on any atom is -0.393 e. The number of nitrogens with one attached hydrogen (secondary N) is 1. The molecule has 0 radical (unpaired) electrons. The summed E-state index contributed by atoms with van der Waals surface area (Å²) in [4.78, 5) is 11.7. The van der Waals surface area contributed by atoms with Crippen LogP contribution in [0, 0.1) is 23.4 Å². The minimum atomic E-state index is -1.21. The first kappa shape index (κ1) is 14.8. The summed E-state index contributed by atoms with van der Waals surface area (Å²) in [6.07, 6.45) is 2.56. The van der Waals surface area contributed by atoms with Gasteiger partial charge in [0.05, 0.1) is 6.10 Å². The molecule has 0 aromatic heterocycles. The third-order valence-electron chi connectivity index (χ3n) is 3.60. The Morgan fingerprint density at radius 2 is 1.70 bits per heavy atom. The summed E-state index contributed by atoms with van der Waals surface area (Å²) in [6.45, 7) is 0.293. The Labute approximate surface area is 114 Å². The second-order valence-electron chi connectivity index (χ2n) is 5.13. The van der Waals surface area contributed by atoms with E-state index in [2.05, 4.69) is 5.32 Å². The topological polar surface area (TPSA) is 49.3 Å². The molecule has 110 valence electrons. The van der Waals surface area contributed by atoms with E-state index in [1.54, 1.807) is 0 Å². The Balaban J connectivity index is 1.95. The molecule has 1 aliphatic carbocycles. The van der Waals surface area contributed by atoms with Gasteiger partial charge in [0, 0.05) is 18.7 Å². The molecule has 0 aliphatic heterocycles. The predicted octanol–water partition coefficient (Wildman–Crippen LogP) is 2.38. The predicted molar refractivity (Wildman–Crippen MR) is 66.6 cm³/mol. The van der Waals surface area contributed by atoms with E-state index in [4.69, 9.17) is 0 Å². The molecule has 1 saturated carbocycles. The smallest absolute Gasteiger partial charge is 0.257 e. The summed E-state index contributed by atoms with van der Waals surface area (Å²) in [5.74, 6) is -4.17. The Hall–Kier alpha value is -1.56. The number of amides is 1. The highest BCUT2D eigenvalue weighted by atomic mass is 19.1. The van der Waals surface area contributed by atoms with Crippen LogP contribution in [0.1, 0.15) is 36.0 Å². The molecule has 2 rings (SSSR count). The molecular weight excluding hydrogens is 271 g/mol. The van der Waals surface area contributed by atoms with Gasteiger partial charge in [0.2, 0.25) is 0 Å². The Bertz CT molecular complexity index is 476. The highest BCUT2D eigenvalue weighted by molar-refractivity contribution is 5.94. The lowest BCUT2D eigenvalue weighted by Crippen LogP contribution is -2.33. The van der Waals surface area contributed by atoms with Crippen LogP contribution in [0.3, 0.4) is 0 Å². The van der Waals surface area contributed by atoms with E-state index in [1.807, 2.05) is 0 Å². The van der Waals surface area contributed by atoms with Gasteiger partial charge in [0.25, 0.3) is 5.91 Å². The zero-order valence-electron chi connectivity index (χ0n) is 10.8. The van der Waals surface area contributed by atoms with Crippen LogP contribution in [0.25, 0.3) is 0 Å². The standard InChI is InChI=1S/C14H16F3NO2/c15-9-5-11(16)13(12(17)6-9)14(20)18-7-8-1-3-10(19)4-2-8/h5-6,8,10,19H,1-4,7H2,(H,18,20). The molecule has 2 N–H and O–H groups in total. The molecule has 1 fully saturated rings. The van der Waals surface area contributed by atoms with Gasteiger partial charge in [-0.25, -0.2) is 13.2 Å². The number of aliphatic hydroxyl groups is 1. The second kappa shape index (κ2) is 6.26. The number of carbonyl (C=O) groups is 1. The average Bonchev–Trinajstić information content (AvgIpc) is 2.37. The van der Waals surface area contributed by atoms with Crippen LogP contribution in [0.15, 0.2) is 12.1 Å². The van der Waals surface area contributed by atoms with Gasteiger partial charge in [-0.2, -0.15) is 0 Å².